The van der Waals surface area contributed by atoms with Gasteiger partial charge in [0, 0.05) is 12.0 Å². The van der Waals surface area contributed by atoms with E-state index in [4.69, 9.17) is 16.3 Å². The van der Waals surface area contributed by atoms with Crippen LogP contribution in [-0.2, 0) is 4.74 Å². The van der Waals surface area contributed by atoms with E-state index >= 15 is 0 Å². The SMILES string of the molecule is CC1CCC(C(C)(C)CCCC2CCCO2)C(Cl)C1. The summed E-state index contributed by atoms with van der Waals surface area (Å²) in [5.41, 5.74) is 0.394. The van der Waals surface area contributed by atoms with Crippen LogP contribution in [0.25, 0.3) is 0 Å². The fourth-order valence-corrected chi connectivity index (χ4v) is 4.81. The molecule has 0 aromatic heterocycles. The first-order valence-corrected chi connectivity index (χ1v) is 8.68. The summed E-state index contributed by atoms with van der Waals surface area (Å²) in [6.07, 6.45) is 10.8. The molecule has 1 nitrogen and oxygen atoms in total. The van der Waals surface area contributed by atoms with Crippen LogP contribution in [0.1, 0.15) is 72.1 Å². The summed E-state index contributed by atoms with van der Waals surface area (Å²) in [6, 6.07) is 0. The quantitative estimate of drug-likeness (QED) is 0.614. The minimum atomic E-state index is 0.390. The van der Waals surface area contributed by atoms with Crippen LogP contribution in [0.4, 0.5) is 0 Å². The fourth-order valence-electron chi connectivity index (χ4n) is 4.03. The Kier molecular flexibility index (Phi) is 5.60. The molecule has 0 N–H and O–H groups in total. The van der Waals surface area contributed by atoms with Crippen molar-refractivity contribution in [2.24, 2.45) is 17.3 Å². The zero-order valence-electron chi connectivity index (χ0n) is 13.0. The summed E-state index contributed by atoms with van der Waals surface area (Å²) in [5, 5.41) is 0.390. The summed E-state index contributed by atoms with van der Waals surface area (Å²) in [6.45, 7) is 8.19. The van der Waals surface area contributed by atoms with Gasteiger partial charge in [-0.3, -0.25) is 0 Å². The average molecular weight is 287 g/mol. The van der Waals surface area contributed by atoms with Crippen molar-refractivity contribution in [2.75, 3.05) is 6.61 Å². The molecule has 112 valence electrons. The zero-order chi connectivity index (χ0) is 13.9. The number of rotatable bonds is 5. The van der Waals surface area contributed by atoms with Crippen molar-refractivity contribution in [3.05, 3.63) is 0 Å². The smallest absolute Gasteiger partial charge is 0.0576 e. The predicted molar refractivity (Wildman–Crippen MR) is 82.8 cm³/mol. The molecule has 2 heteroatoms. The van der Waals surface area contributed by atoms with Crippen LogP contribution in [-0.4, -0.2) is 18.1 Å². The Hall–Kier alpha value is 0.250. The summed E-state index contributed by atoms with van der Waals surface area (Å²) in [7, 11) is 0. The van der Waals surface area contributed by atoms with Gasteiger partial charge in [0.2, 0.25) is 0 Å². The maximum atomic E-state index is 6.64. The Morgan fingerprint density at radius 1 is 1.21 bits per heavy atom. The lowest BCUT2D eigenvalue weighted by atomic mass is 9.66. The van der Waals surface area contributed by atoms with Gasteiger partial charge in [-0.05, 0) is 55.8 Å². The molecule has 2 rings (SSSR count). The second-order valence-corrected chi connectivity index (χ2v) is 8.12. The molecule has 4 unspecified atom stereocenters. The molecule has 0 radical (unpaired) electrons. The van der Waals surface area contributed by atoms with Gasteiger partial charge in [0.25, 0.3) is 0 Å². The lowest BCUT2D eigenvalue weighted by molar-refractivity contribution is 0.0882. The highest BCUT2D eigenvalue weighted by Crippen LogP contribution is 2.45. The van der Waals surface area contributed by atoms with E-state index in [-0.39, 0.29) is 0 Å². The Morgan fingerprint density at radius 2 is 2.00 bits per heavy atom. The van der Waals surface area contributed by atoms with Crippen LogP contribution in [0, 0.1) is 17.3 Å². The zero-order valence-corrected chi connectivity index (χ0v) is 13.7. The predicted octanol–water partition coefficient (Wildman–Crippen LogP) is 5.41. The molecule has 1 saturated heterocycles. The van der Waals surface area contributed by atoms with Gasteiger partial charge in [0.05, 0.1) is 6.10 Å². The lowest BCUT2D eigenvalue weighted by Gasteiger charge is -2.42. The largest absolute Gasteiger partial charge is 0.378 e. The van der Waals surface area contributed by atoms with Gasteiger partial charge < -0.3 is 4.74 Å². The summed E-state index contributed by atoms with van der Waals surface area (Å²) < 4.78 is 5.72. The Morgan fingerprint density at radius 3 is 2.63 bits per heavy atom. The van der Waals surface area contributed by atoms with Gasteiger partial charge in [-0.1, -0.05) is 33.6 Å². The fraction of sp³-hybridized carbons (Fsp3) is 1.00. The van der Waals surface area contributed by atoms with E-state index in [1.807, 2.05) is 0 Å². The average Bonchev–Trinajstić information content (AvgIpc) is 2.81. The van der Waals surface area contributed by atoms with Gasteiger partial charge in [0.15, 0.2) is 0 Å². The molecule has 1 heterocycles. The van der Waals surface area contributed by atoms with Crippen LogP contribution in [0.5, 0.6) is 0 Å². The third kappa shape index (κ3) is 4.36. The van der Waals surface area contributed by atoms with Crippen LogP contribution in [0.15, 0.2) is 0 Å². The van der Waals surface area contributed by atoms with Gasteiger partial charge in [-0.15, -0.1) is 11.6 Å². The molecule has 1 aliphatic heterocycles. The maximum absolute atomic E-state index is 6.64. The monoisotopic (exact) mass is 286 g/mol. The molecule has 1 aliphatic carbocycles. The van der Waals surface area contributed by atoms with Crippen molar-refractivity contribution >= 4 is 11.6 Å². The van der Waals surface area contributed by atoms with Gasteiger partial charge in [0.1, 0.15) is 0 Å². The van der Waals surface area contributed by atoms with Crippen molar-refractivity contribution in [2.45, 2.75) is 83.6 Å². The van der Waals surface area contributed by atoms with E-state index in [0.29, 0.717) is 22.8 Å². The summed E-state index contributed by atoms with van der Waals surface area (Å²) >= 11 is 6.64. The third-order valence-electron chi connectivity index (χ3n) is 5.41. The number of hydrogen-bond donors (Lipinski definition) is 0. The molecule has 19 heavy (non-hydrogen) atoms. The normalized spacial score (nSPS) is 36.6. The van der Waals surface area contributed by atoms with Gasteiger partial charge >= 0.3 is 0 Å². The van der Waals surface area contributed by atoms with Gasteiger partial charge in [-0.2, -0.15) is 0 Å². The molecule has 4 atom stereocenters. The number of hydrogen-bond acceptors (Lipinski definition) is 1. The molecule has 0 amide bonds. The van der Waals surface area contributed by atoms with E-state index in [2.05, 4.69) is 20.8 Å². The maximum Gasteiger partial charge on any atom is 0.0576 e. The Bertz CT molecular complexity index is 270. The number of halogens is 1. The van der Waals surface area contributed by atoms with Crippen molar-refractivity contribution in [3.63, 3.8) is 0 Å². The van der Waals surface area contributed by atoms with Crippen molar-refractivity contribution in [1.29, 1.82) is 0 Å². The molecular formula is C17H31ClO. The number of ether oxygens (including phenoxy) is 1. The van der Waals surface area contributed by atoms with E-state index in [9.17, 15) is 0 Å². The van der Waals surface area contributed by atoms with E-state index in [0.717, 1.165) is 12.5 Å². The first kappa shape index (κ1) is 15.6. The number of alkyl halides is 1. The molecule has 1 saturated carbocycles. The second kappa shape index (κ2) is 6.80. The van der Waals surface area contributed by atoms with Crippen molar-refractivity contribution in [1.82, 2.24) is 0 Å². The van der Waals surface area contributed by atoms with Crippen molar-refractivity contribution in [3.8, 4) is 0 Å². The highest BCUT2D eigenvalue weighted by Gasteiger charge is 2.37. The second-order valence-electron chi connectivity index (χ2n) is 7.56. The Labute approximate surface area is 124 Å². The topological polar surface area (TPSA) is 9.23 Å². The molecule has 0 spiro atoms. The van der Waals surface area contributed by atoms with Crippen LogP contribution in [0.2, 0.25) is 0 Å². The Balaban J connectivity index is 1.76. The van der Waals surface area contributed by atoms with Crippen LogP contribution in [0.3, 0.4) is 0 Å². The molecule has 2 aliphatic rings. The van der Waals surface area contributed by atoms with Gasteiger partial charge in [-0.25, -0.2) is 0 Å². The van der Waals surface area contributed by atoms with E-state index in [1.165, 1.54) is 51.4 Å². The third-order valence-corrected chi connectivity index (χ3v) is 5.89. The van der Waals surface area contributed by atoms with E-state index in [1.54, 1.807) is 0 Å². The lowest BCUT2D eigenvalue weighted by Crippen LogP contribution is -2.36. The summed E-state index contributed by atoms with van der Waals surface area (Å²) in [4.78, 5) is 0. The minimum Gasteiger partial charge on any atom is -0.378 e. The molecule has 0 aromatic carbocycles. The standard InChI is InChI=1S/C17H31ClO/c1-13-8-9-15(16(18)12-13)17(2,3)10-4-6-14-7-5-11-19-14/h13-16H,4-12H2,1-3H3. The molecular weight excluding hydrogens is 256 g/mol. The highest BCUT2D eigenvalue weighted by atomic mass is 35.5. The summed E-state index contributed by atoms with van der Waals surface area (Å²) in [5.74, 6) is 1.52. The van der Waals surface area contributed by atoms with Crippen LogP contribution >= 0.6 is 11.6 Å². The first-order valence-electron chi connectivity index (χ1n) is 8.24. The minimum absolute atomic E-state index is 0.390. The van der Waals surface area contributed by atoms with E-state index < -0.39 is 0 Å². The van der Waals surface area contributed by atoms with Crippen molar-refractivity contribution < 1.29 is 4.74 Å². The highest BCUT2D eigenvalue weighted by molar-refractivity contribution is 6.20. The molecule has 0 aromatic rings. The first-order chi connectivity index (χ1) is 8.99. The van der Waals surface area contributed by atoms with Crippen LogP contribution < -0.4 is 0 Å². The molecule has 2 fully saturated rings. The molecule has 0 bridgehead atoms.